The highest BCUT2D eigenvalue weighted by molar-refractivity contribution is 5.77. The summed E-state index contributed by atoms with van der Waals surface area (Å²) in [6.07, 6.45) is -9.26. The van der Waals surface area contributed by atoms with Gasteiger partial charge in [-0.05, 0) is 25.1 Å². The summed E-state index contributed by atoms with van der Waals surface area (Å²) < 4.78 is 75.7. The van der Waals surface area contributed by atoms with Crippen molar-refractivity contribution in [1.29, 1.82) is 0 Å². The van der Waals surface area contributed by atoms with E-state index < -0.39 is 30.1 Å². The Kier molecular flexibility index (Phi) is 4.67. The predicted molar refractivity (Wildman–Crippen MR) is 60.8 cm³/mol. The number of halogens is 6. The van der Waals surface area contributed by atoms with E-state index in [1.807, 2.05) is 0 Å². The molecular formula is C12H11F6NO. The third kappa shape index (κ3) is 4.14. The summed E-state index contributed by atoms with van der Waals surface area (Å²) in [5.41, 5.74) is -2.10. The van der Waals surface area contributed by atoms with Gasteiger partial charge in [-0.1, -0.05) is 0 Å². The molecule has 2 nitrogen and oxygen atoms in total. The molecule has 0 N–H and O–H groups in total. The van der Waals surface area contributed by atoms with Crippen LogP contribution in [0.25, 0.3) is 0 Å². The number of hydrogen-bond acceptors (Lipinski definition) is 2. The fraction of sp³-hybridized carbons (Fsp3) is 0.417. The van der Waals surface area contributed by atoms with Gasteiger partial charge < -0.3 is 4.90 Å². The van der Waals surface area contributed by atoms with E-state index in [1.54, 1.807) is 0 Å². The first-order chi connectivity index (χ1) is 9.08. The molecule has 112 valence electrons. The normalized spacial score (nSPS) is 12.3. The van der Waals surface area contributed by atoms with E-state index in [2.05, 4.69) is 0 Å². The third-order valence-electron chi connectivity index (χ3n) is 2.55. The minimum atomic E-state index is -4.84. The van der Waals surface area contributed by atoms with E-state index in [1.165, 1.54) is 6.92 Å². The summed E-state index contributed by atoms with van der Waals surface area (Å²) >= 11 is 0. The third-order valence-corrected chi connectivity index (χ3v) is 2.55. The van der Waals surface area contributed by atoms with Crippen LogP contribution in [0.3, 0.4) is 0 Å². The molecule has 1 aromatic rings. The highest BCUT2D eigenvalue weighted by atomic mass is 19.4. The number of carbonyl (C=O) groups is 1. The Hall–Kier alpha value is -1.73. The molecule has 0 saturated heterocycles. The molecule has 0 aliphatic heterocycles. The molecule has 0 unspecified atom stereocenters. The van der Waals surface area contributed by atoms with Crippen LogP contribution in [0.1, 0.15) is 22.8 Å². The molecule has 0 saturated carbocycles. The molecule has 0 aliphatic carbocycles. The van der Waals surface area contributed by atoms with E-state index in [0.717, 1.165) is 12.1 Å². The van der Waals surface area contributed by atoms with Crippen LogP contribution in [-0.2, 0) is 6.18 Å². The summed E-state index contributed by atoms with van der Waals surface area (Å²) in [5.74, 6) is 0. The van der Waals surface area contributed by atoms with Crippen LogP contribution in [0, 0.1) is 0 Å². The van der Waals surface area contributed by atoms with Crippen molar-refractivity contribution >= 4 is 12.0 Å². The van der Waals surface area contributed by atoms with Crippen molar-refractivity contribution in [2.45, 2.75) is 19.3 Å². The van der Waals surface area contributed by atoms with Gasteiger partial charge in [0.15, 0.2) is 0 Å². The number of nitrogens with zero attached hydrogens (tertiary/aromatic N) is 1. The average molecular weight is 299 g/mol. The van der Waals surface area contributed by atoms with Gasteiger partial charge in [0.05, 0.1) is 5.56 Å². The van der Waals surface area contributed by atoms with Gasteiger partial charge in [0, 0.05) is 17.8 Å². The number of benzene rings is 1. The number of hydrogen-bond donors (Lipinski definition) is 0. The fourth-order valence-electron chi connectivity index (χ4n) is 1.71. The van der Waals surface area contributed by atoms with Crippen LogP contribution in [-0.4, -0.2) is 25.6 Å². The first-order valence-electron chi connectivity index (χ1n) is 5.56. The van der Waals surface area contributed by atoms with Crippen molar-refractivity contribution in [3.63, 3.8) is 0 Å². The minimum Gasteiger partial charge on any atom is -0.362 e. The van der Waals surface area contributed by atoms with Crippen LogP contribution in [0.2, 0.25) is 0 Å². The molecule has 20 heavy (non-hydrogen) atoms. The van der Waals surface area contributed by atoms with Crippen molar-refractivity contribution in [3.05, 3.63) is 29.3 Å². The number of alkyl halides is 6. The van der Waals surface area contributed by atoms with E-state index in [-0.39, 0.29) is 18.4 Å². The highest BCUT2D eigenvalue weighted by Gasteiger charge is 2.37. The maximum atomic E-state index is 12.9. The summed E-state index contributed by atoms with van der Waals surface area (Å²) in [5, 5.41) is 0. The first-order valence-corrected chi connectivity index (χ1v) is 5.56. The summed E-state index contributed by atoms with van der Waals surface area (Å²) in [7, 11) is 0. The lowest BCUT2D eigenvalue weighted by Gasteiger charge is -2.27. The molecule has 8 heteroatoms. The molecule has 0 bridgehead atoms. The van der Waals surface area contributed by atoms with Gasteiger partial charge in [-0.25, -0.2) is 0 Å². The second-order valence-electron chi connectivity index (χ2n) is 4.02. The smallest absolute Gasteiger partial charge is 0.362 e. The SMILES string of the molecule is CCN(CC(F)(F)F)c1ccc(C=O)cc1C(F)(F)F. The maximum absolute atomic E-state index is 12.9. The van der Waals surface area contributed by atoms with Crippen LogP contribution in [0.4, 0.5) is 32.0 Å². The van der Waals surface area contributed by atoms with Crippen molar-refractivity contribution in [2.75, 3.05) is 18.0 Å². The highest BCUT2D eigenvalue weighted by Crippen LogP contribution is 2.37. The van der Waals surface area contributed by atoms with E-state index in [9.17, 15) is 31.1 Å². The summed E-state index contributed by atoms with van der Waals surface area (Å²) in [4.78, 5) is 11.1. The van der Waals surface area contributed by atoms with E-state index in [4.69, 9.17) is 0 Å². The lowest BCUT2D eigenvalue weighted by atomic mass is 10.1. The average Bonchev–Trinajstić information content (AvgIpc) is 2.33. The van der Waals surface area contributed by atoms with Crippen LogP contribution in [0.5, 0.6) is 0 Å². The van der Waals surface area contributed by atoms with Crippen molar-refractivity contribution in [1.82, 2.24) is 0 Å². The van der Waals surface area contributed by atoms with E-state index in [0.29, 0.717) is 11.0 Å². The van der Waals surface area contributed by atoms with Gasteiger partial charge >= 0.3 is 12.4 Å². The molecule has 1 aromatic carbocycles. The van der Waals surface area contributed by atoms with Gasteiger partial charge in [-0.2, -0.15) is 26.3 Å². The Bertz CT molecular complexity index is 480. The zero-order chi connectivity index (χ0) is 15.6. The number of anilines is 1. The molecule has 0 fully saturated rings. The largest absolute Gasteiger partial charge is 0.418 e. The zero-order valence-corrected chi connectivity index (χ0v) is 10.3. The number of carbonyl (C=O) groups excluding carboxylic acids is 1. The molecule has 0 atom stereocenters. The summed E-state index contributed by atoms with van der Waals surface area (Å²) in [6, 6.07) is 2.47. The van der Waals surface area contributed by atoms with Crippen molar-refractivity contribution < 1.29 is 31.1 Å². The Morgan fingerprint density at radius 3 is 2.15 bits per heavy atom. The number of rotatable bonds is 4. The van der Waals surface area contributed by atoms with Gasteiger partial charge in [-0.3, -0.25) is 4.79 Å². The monoisotopic (exact) mass is 299 g/mol. The predicted octanol–water partition coefficient (Wildman–Crippen LogP) is 3.91. The topological polar surface area (TPSA) is 20.3 Å². The second kappa shape index (κ2) is 5.72. The van der Waals surface area contributed by atoms with Gasteiger partial charge in [-0.15, -0.1) is 0 Å². The van der Waals surface area contributed by atoms with Gasteiger partial charge in [0.1, 0.15) is 12.8 Å². The molecular weight excluding hydrogens is 288 g/mol. The molecule has 1 rings (SSSR count). The maximum Gasteiger partial charge on any atom is 0.418 e. The van der Waals surface area contributed by atoms with Crippen LogP contribution < -0.4 is 4.90 Å². The Balaban J connectivity index is 3.31. The minimum absolute atomic E-state index is 0.207. The van der Waals surface area contributed by atoms with Crippen molar-refractivity contribution in [2.24, 2.45) is 0 Å². The van der Waals surface area contributed by atoms with Gasteiger partial charge in [0.2, 0.25) is 0 Å². The quantitative estimate of drug-likeness (QED) is 0.620. The van der Waals surface area contributed by atoms with E-state index >= 15 is 0 Å². The second-order valence-corrected chi connectivity index (χ2v) is 4.02. The Labute approximate surface area is 111 Å². The molecule has 0 heterocycles. The number of aldehydes is 1. The van der Waals surface area contributed by atoms with Crippen LogP contribution >= 0.6 is 0 Å². The molecule has 0 spiro atoms. The molecule has 0 aromatic heterocycles. The first kappa shape index (κ1) is 16.3. The summed E-state index contributed by atoms with van der Waals surface area (Å²) in [6.45, 7) is -0.421. The molecule has 0 radical (unpaired) electrons. The van der Waals surface area contributed by atoms with Crippen molar-refractivity contribution in [3.8, 4) is 0 Å². The molecule has 0 amide bonds. The lowest BCUT2D eigenvalue weighted by Crippen LogP contribution is -2.35. The van der Waals surface area contributed by atoms with Gasteiger partial charge in [0.25, 0.3) is 0 Å². The standard InChI is InChI=1S/C12H11F6NO/c1-2-19(7-11(13,14)15)10-4-3-8(6-20)5-9(10)12(16,17)18/h3-6H,2,7H2,1H3. The Morgan fingerprint density at radius 1 is 1.15 bits per heavy atom. The lowest BCUT2D eigenvalue weighted by molar-refractivity contribution is -0.138. The Morgan fingerprint density at radius 2 is 1.75 bits per heavy atom. The van der Waals surface area contributed by atoms with Crippen LogP contribution in [0.15, 0.2) is 18.2 Å². The molecule has 0 aliphatic rings. The zero-order valence-electron chi connectivity index (χ0n) is 10.3. The fourth-order valence-corrected chi connectivity index (χ4v) is 1.71.